The molecule has 0 unspecified atom stereocenters. The first-order valence-corrected chi connectivity index (χ1v) is 7.33. The van der Waals surface area contributed by atoms with E-state index >= 15 is 0 Å². The van der Waals surface area contributed by atoms with Crippen LogP contribution in [-0.2, 0) is 15.5 Å². The van der Waals surface area contributed by atoms with E-state index in [1.807, 2.05) is 0 Å². The third-order valence-corrected chi connectivity index (χ3v) is 3.56. The molecular formula is C10H7Br2N3O4. The standard InChI is InChI=1S/C10H7Br2N3O4/c11-1-4-5(2-12)14-8-7(13-4)9(18)15(10(8)19)3-6(16)17/h1-3H2,(H,16,17). The maximum absolute atomic E-state index is 11.9. The summed E-state index contributed by atoms with van der Waals surface area (Å²) in [5.41, 5.74) is 0.888. The molecule has 1 aliphatic heterocycles. The normalized spacial score (nSPS) is 13.9. The quantitative estimate of drug-likeness (QED) is 0.604. The van der Waals surface area contributed by atoms with E-state index in [1.54, 1.807) is 0 Å². The molecule has 100 valence electrons. The molecule has 0 spiro atoms. The van der Waals surface area contributed by atoms with Crippen molar-refractivity contribution >= 4 is 49.6 Å². The second-order valence-corrected chi connectivity index (χ2v) is 4.79. The molecule has 7 nitrogen and oxygen atoms in total. The van der Waals surface area contributed by atoms with E-state index < -0.39 is 24.3 Å². The molecule has 1 aromatic rings. The van der Waals surface area contributed by atoms with Gasteiger partial charge >= 0.3 is 5.97 Å². The molecule has 2 rings (SSSR count). The fourth-order valence-electron chi connectivity index (χ4n) is 1.64. The Hall–Kier alpha value is -1.35. The van der Waals surface area contributed by atoms with Crippen LogP contribution < -0.4 is 0 Å². The van der Waals surface area contributed by atoms with Crippen molar-refractivity contribution in [1.29, 1.82) is 0 Å². The van der Waals surface area contributed by atoms with Crippen LogP contribution in [0.2, 0.25) is 0 Å². The summed E-state index contributed by atoms with van der Waals surface area (Å²) in [6, 6.07) is 0. The third kappa shape index (κ3) is 2.39. The molecule has 1 aliphatic rings. The Kier molecular flexibility index (Phi) is 3.95. The molecule has 0 aliphatic carbocycles. The predicted molar refractivity (Wildman–Crippen MR) is 70.3 cm³/mol. The minimum absolute atomic E-state index is 0.0922. The Bertz CT molecular complexity index is 547. The number of carbonyl (C=O) groups excluding carboxylic acids is 2. The summed E-state index contributed by atoms with van der Waals surface area (Å²) in [5.74, 6) is -2.72. The molecule has 0 aromatic carbocycles. The van der Waals surface area contributed by atoms with Crippen LogP contribution in [0.3, 0.4) is 0 Å². The zero-order valence-electron chi connectivity index (χ0n) is 9.39. The topological polar surface area (TPSA) is 100 Å². The highest BCUT2D eigenvalue weighted by molar-refractivity contribution is 9.09. The lowest BCUT2D eigenvalue weighted by atomic mass is 10.3. The number of nitrogens with zero attached hydrogens (tertiary/aromatic N) is 3. The lowest BCUT2D eigenvalue weighted by Gasteiger charge is -2.08. The van der Waals surface area contributed by atoms with E-state index in [1.165, 1.54) is 0 Å². The number of rotatable bonds is 4. The molecule has 1 N–H and O–H groups in total. The highest BCUT2D eigenvalue weighted by Crippen LogP contribution is 2.22. The molecule has 2 heterocycles. The van der Waals surface area contributed by atoms with Gasteiger partial charge in [0.05, 0.1) is 11.4 Å². The summed E-state index contributed by atoms with van der Waals surface area (Å²) in [5, 5.41) is 9.46. The van der Waals surface area contributed by atoms with Gasteiger partial charge in [-0.2, -0.15) is 0 Å². The summed E-state index contributed by atoms with van der Waals surface area (Å²) < 4.78 is 0. The van der Waals surface area contributed by atoms with Gasteiger partial charge in [0.15, 0.2) is 11.4 Å². The van der Waals surface area contributed by atoms with E-state index in [0.717, 1.165) is 0 Å². The number of fused-ring (bicyclic) bond motifs is 1. The van der Waals surface area contributed by atoms with Crippen molar-refractivity contribution in [3.8, 4) is 0 Å². The monoisotopic (exact) mass is 391 g/mol. The van der Waals surface area contributed by atoms with Gasteiger partial charge in [0.2, 0.25) is 0 Å². The summed E-state index contributed by atoms with van der Waals surface area (Å²) in [4.78, 5) is 43.3. The van der Waals surface area contributed by atoms with Crippen LogP contribution in [0.15, 0.2) is 0 Å². The van der Waals surface area contributed by atoms with Crippen molar-refractivity contribution in [3.05, 3.63) is 22.8 Å². The first-order valence-electron chi connectivity index (χ1n) is 5.09. The Labute approximate surface area is 124 Å². The number of carboxylic acids is 1. The van der Waals surface area contributed by atoms with Gasteiger partial charge in [-0.25, -0.2) is 9.97 Å². The highest BCUT2D eigenvalue weighted by Gasteiger charge is 2.40. The van der Waals surface area contributed by atoms with Gasteiger partial charge in [-0.3, -0.25) is 19.3 Å². The zero-order chi connectivity index (χ0) is 14.2. The molecular weight excluding hydrogens is 386 g/mol. The van der Waals surface area contributed by atoms with Gasteiger partial charge < -0.3 is 5.11 Å². The lowest BCUT2D eigenvalue weighted by Crippen LogP contribution is -2.34. The van der Waals surface area contributed by atoms with Gasteiger partial charge in [-0.1, -0.05) is 31.9 Å². The number of carboxylic acid groups (broad SMARTS) is 1. The van der Waals surface area contributed by atoms with Crippen molar-refractivity contribution in [2.45, 2.75) is 10.7 Å². The van der Waals surface area contributed by atoms with E-state index in [4.69, 9.17) is 5.11 Å². The van der Waals surface area contributed by atoms with E-state index in [0.29, 0.717) is 26.9 Å². The van der Waals surface area contributed by atoms with Crippen molar-refractivity contribution in [2.75, 3.05) is 6.54 Å². The summed E-state index contributed by atoms with van der Waals surface area (Å²) in [7, 11) is 0. The summed E-state index contributed by atoms with van der Waals surface area (Å²) in [6.07, 6.45) is 0. The van der Waals surface area contributed by atoms with E-state index in [-0.39, 0.29) is 11.4 Å². The van der Waals surface area contributed by atoms with Crippen molar-refractivity contribution in [2.24, 2.45) is 0 Å². The van der Waals surface area contributed by atoms with Gasteiger partial charge in [-0.15, -0.1) is 0 Å². The highest BCUT2D eigenvalue weighted by atomic mass is 79.9. The molecule has 9 heteroatoms. The largest absolute Gasteiger partial charge is 0.480 e. The number of aromatic nitrogens is 2. The van der Waals surface area contributed by atoms with Crippen LogP contribution in [0.4, 0.5) is 0 Å². The molecule has 0 bridgehead atoms. The van der Waals surface area contributed by atoms with Crippen LogP contribution in [0, 0.1) is 0 Å². The average molecular weight is 393 g/mol. The number of carbonyl (C=O) groups is 3. The average Bonchev–Trinajstić information content (AvgIpc) is 2.61. The predicted octanol–water partition coefficient (Wildman–Crippen LogP) is 0.947. The van der Waals surface area contributed by atoms with Gasteiger partial charge in [0, 0.05) is 10.7 Å². The van der Waals surface area contributed by atoms with E-state index in [9.17, 15) is 14.4 Å². The summed E-state index contributed by atoms with van der Waals surface area (Å²) >= 11 is 6.44. The summed E-state index contributed by atoms with van der Waals surface area (Å²) in [6.45, 7) is -0.691. The molecule has 0 radical (unpaired) electrons. The number of imide groups is 1. The van der Waals surface area contributed by atoms with Crippen molar-refractivity contribution in [1.82, 2.24) is 14.9 Å². The first kappa shape index (κ1) is 14.1. The van der Waals surface area contributed by atoms with Crippen LogP contribution in [0.25, 0.3) is 0 Å². The fourth-order valence-corrected chi connectivity index (χ4v) is 2.54. The van der Waals surface area contributed by atoms with Crippen LogP contribution in [-0.4, -0.2) is 44.3 Å². The van der Waals surface area contributed by atoms with E-state index in [2.05, 4.69) is 41.8 Å². The number of aliphatic carboxylic acids is 1. The maximum atomic E-state index is 11.9. The molecule has 2 amide bonds. The zero-order valence-corrected chi connectivity index (χ0v) is 12.6. The third-order valence-electron chi connectivity index (χ3n) is 2.49. The molecule has 19 heavy (non-hydrogen) atoms. The van der Waals surface area contributed by atoms with Crippen LogP contribution >= 0.6 is 31.9 Å². The number of alkyl halides is 2. The van der Waals surface area contributed by atoms with Crippen LogP contribution in [0.1, 0.15) is 32.4 Å². The Morgan fingerprint density at radius 3 is 1.79 bits per heavy atom. The molecule has 0 atom stereocenters. The van der Waals surface area contributed by atoms with Crippen LogP contribution in [0.5, 0.6) is 0 Å². The fraction of sp³-hybridized carbons (Fsp3) is 0.300. The number of hydrogen-bond acceptors (Lipinski definition) is 5. The van der Waals surface area contributed by atoms with Gasteiger partial charge in [-0.05, 0) is 0 Å². The molecule has 0 saturated carbocycles. The SMILES string of the molecule is O=C(O)CN1C(=O)c2nc(CBr)c(CBr)nc2C1=O. The number of hydrogen-bond donors (Lipinski definition) is 1. The van der Waals surface area contributed by atoms with Gasteiger partial charge in [0.1, 0.15) is 6.54 Å². The Morgan fingerprint density at radius 2 is 1.47 bits per heavy atom. The van der Waals surface area contributed by atoms with Crippen molar-refractivity contribution < 1.29 is 19.5 Å². The minimum Gasteiger partial charge on any atom is -0.480 e. The molecule has 1 aromatic heterocycles. The van der Waals surface area contributed by atoms with Crippen molar-refractivity contribution in [3.63, 3.8) is 0 Å². The Balaban J connectivity index is 2.50. The lowest BCUT2D eigenvalue weighted by molar-refractivity contribution is -0.137. The number of halogens is 2. The number of amides is 2. The maximum Gasteiger partial charge on any atom is 0.323 e. The molecule has 0 saturated heterocycles. The second kappa shape index (κ2) is 5.33. The molecule has 0 fully saturated rings. The second-order valence-electron chi connectivity index (χ2n) is 3.67. The Morgan fingerprint density at radius 1 is 1.05 bits per heavy atom. The van der Waals surface area contributed by atoms with Gasteiger partial charge in [0.25, 0.3) is 11.8 Å². The first-order chi connectivity index (χ1) is 8.99. The smallest absolute Gasteiger partial charge is 0.323 e. The minimum atomic E-state index is -1.27.